The van der Waals surface area contributed by atoms with E-state index in [9.17, 15) is 4.79 Å². The Morgan fingerprint density at radius 2 is 2.00 bits per heavy atom. The minimum absolute atomic E-state index is 0.173. The molecule has 1 aliphatic carbocycles. The van der Waals surface area contributed by atoms with Gasteiger partial charge in [0.15, 0.2) is 6.10 Å². The second-order valence-electron chi connectivity index (χ2n) is 5.80. The molecule has 5 heteroatoms. The summed E-state index contributed by atoms with van der Waals surface area (Å²) < 4.78 is 7.54. The largest absolute Gasteiger partial charge is 0.481 e. The van der Waals surface area contributed by atoms with E-state index >= 15 is 0 Å². The molecule has 2 atom stereocenters. The first-order chi connectivity index (χ1) is 10.6. The van der Waals surface area contributed by atoms with Crippen molar-refractivity contribution in [2.24, 2.45) is 5.92 Å². The van der Waals surface area contributed by atoms with Crippen LogP contribution in [0.25, 0.3) is 0 Å². The summed E-state index contributed by atoms with van der Waals surface area (Å²) in [4.78, 5) is 12.3. The van der Waals surface area contributed by atoms with Crippen LogP contribution in [0.5, 0.6) is 5.75 Å². The fourth-order valence-corrected chi connectivity index (χ4v) is 2.50. The third kappa shape index (κ3) is 3.30. The molecule has 22 heavy (non-hydrogen) atoms. The normalized spacial score (nSPS) is 16.8. The first-order valence-corrected chi connectivity index (χ1v) is 7.71. The quantitative estimate of drug-likeness (QED) is 0.890. The average molecular weight is 299 g/mol. The number of para-hydroxylation sites is 1. The lowest BCUT2D eigenvalue weighted by atomic mass is 10.2. The molecule has 5 nitrogen and oxygen atoms in total. The van der Waals surface area contributed by atoms with E-state index < -0.39 is 6.10 Å². The second-order valence-corrected chi connectivity index (χ2v) is 5.80. The van der Waals surface area contributed by atoms with E-state index in [1.807, 2.05) is 41.1 Å². The highest BCUT2D eigenvalue weighted by atomic mass is 16.5. The summed E-state index contributed by atoms with van der Waals surface area (Å²) in [6.45, 7) is 3.89. The van der Waals surface area contributed by atoms with Crippen LogP contribution in [0.2, 0.25) is 0 Å². The molecule has 3 rings (SSSR count). The first-order valence-electron chi connectivity index (χ1n) is 7.71. The highest BCUT2D eigenvalue weighted by Crippen LogP contribution is 2.40. The van der Waals surface area contributed by atoms with Crippen LogP contribution in [0.15, 0.2) is 42.6 Å². The number of aromatic nitrogens is 2. The summed E-state index contributed by atoms with van der Waals surface area (Å²) in [5.41, 5.74) is 0. The van der Waals surface area contributed by atoms with Gasteiger partial charge in [-0.2, -0.15) is 5.10 Å². The van der Waals surface area contributed by atoms with Crippen LogP contribution in [0.1, 0.15) is 32.7 Å². The van der Waals surface area contributed by atoms with Gasteiger partial charge in [-0.3, -0.25) is 4.79 Å². The van der Waals surface area contributed by atoms with Crippen molar-refractivity contribution in [1.82, 2.24) is 9.78 Å². The fourth-order valence-electron chi connectivity index (χ4n) is 2.50. The van der Waals surface area contributed by atoms with Gasteiger partial charge >= 0.3 is 0 Å². The molecule has 0 radical (unpaired) electrons. The molecule has 1 saturated carbocycles. The van der Waals surface area contributed by atoms with Crippen molar-refractivity contribution in [3.05, 3.63) is 42.6 Å². The van der Waals surface area contributed by atoms with Gasteiger partial charge in [-0.1, -0.05) is 18.2 Å². The third-order valence-electron chi connectivity index (χ3n) is 4.04. The Bertz CT molecular complexity index is 634. The number of ether oxygens (including phenoxy) is 1. The SMILES string of the molecule is CC(Oc1ccccc1)C(=O)Nc1ccnn1C(C)C1CC1. The number of nitrogens with one attached hydrogen (secondary N) is 1. The summed E-state index contributed by atoms with van der Waals surface area (Å²) >= 11 is 0. The standard InChI is InChI=1S/C17H21N3O2/c1-12(14-8-9-14)20-16(10-11-18-20)19-17(21)13(2)22-15-6-4-3-5-7-15/h3-7,10-14H,8-9H2,1-2H3,(H,19,21). The van der Waals surface area contributed by atoms with Crippen molar-refractivity contribution < 1.29 is 9.53 Å². The molecule has 1 heterocycles. The predicted molar refractivity (Wildman–Crippen MR) is 84.8 cm³/mol. The topological polar surface area (TPSA) is 56.1 Å². The third-order valence-corrected chi connectivity index (χ3v) is 4.04. The number of hydrogen-bond acceptors (Lipinski definition) is 3. The van der Waals surface area contributed by atoms with E-state index in [4.69, 9.17) is 4.74 Å². The van der Waals surface area contributed by atoms with Crippen LogP contribution in [0.3, 0.4) is 0 Å². The van der Waals surface area contributed by atoms with Gasteiger partial charge in [-0.25, -0.2) is 4.68 Å². The van der Waals surface area contributed by atoms with E-state index in [0.29, 0.717) is 17.7 Å². The molecule has 116 valence electrons. The van der Waals surface area contributed by atoms with Gasteiger partial charge in [0, 0.05) is 6.07 Å². The van der Waals surface area contributed by atoms with E-state index in [0.717, 1.165) is 5.82 Å². The van der Waals surface area contributed by atoms with E-state index in [1.165, 1.54) is 12.8 Å². The van der Waals surface area contributed by atoms with Crippen LogP contribution < -0.4 is 10.1 Å². The lowest BCUT2D eigenvalue weighted by Gasteiger charge is -2.18. The number of amides is 1. The summed E-state index contributed by atoms with van der Waals surface area (Å²) in [5, 5.41) is 7.25. The van der Waals surface area contributed by atoms with Crippen molar-refractivity contribution >= 4 is 11.7 Å². The maximum absolute atomic E-state index is 12.3. The number of carbonyl (C=O) groups is 1. The zero-order valence-electron chi connectivity index (χ0n) is 12.9. The first kappa shape index (κ1) is 14.6. The van der Waals surface area contributed by atoms with Crippen LogP contribution in [0.4, 0.5) is 5.82 Å². The van der Waals surface area contributed by atoms with Crippen LogP contribution in [-0.2, 0) is 4.79 Å². The molecule has 1 aliphatic rings. The Balaban J connectivity index is 1.63. The molecular weight excluding hydrogens is 278 g/mol. The molecule has 2 aromatic rings. The highest BCUT2D eigenvalue weighted by Gasteiger charge is 2.31. The summed E-state index contributed by atoms with van der Waals surface area (Å²) in [7, 11) is 0. The number of nitrogens with zero attached hydrogens (tertiary/aromatic N) is 2. The minimum atomic E-state index is -0.568. The molecule has 1 fully saturated rings. The van der Waals surface area contributed by atoms with Gasteiger partial charge in [0.2, 0.25) is 0 Å². The van der Waals surface area contributed by atoms with Crippen molar-refractivity contribution in [2.75, 3.05) is 5.32 Å². The van der Waals surface area contributed by atoms with E-state index in [1.54, 1.807) is 13.1 Å². The summed E-state index contributed by atoms with van der Waals surface area (Å²) in [5.74, 6) is 1.92. The van der Waals surface area contributed by atoms with Gasteiger partial charge in [0.25, 0.3) is 5.91 Å². The van der Waals surface area contributed by atoms with Crippen LogP contribution in [-0.4, -0.2) is 21.8 Å². The van der Waals surface area contributed by atoms with Gasteiger partial charge in [0.1, 0.15) is 11.6 Å². The van der Waals surface area contributed by atoms with Gasteiger partial charge in [-0.05, 0) is 44.7 Å². The van der Waals surface area contributed by atoms with Crippen LogP contribution in [0, 0.1) is 5.92 Å². The zero-order chi connectivity index (χ0) is 15.5. The molecular formula is C17H21N3O2. The Kier molecular flexibility index (Phi) is 4.13. The number of anilines is 1. The minimum Gasteiger partial charge on any atom is -0.481 e. The molecule has 0 saturated heterocycles. The number of rotatable bonds is 6. The van der Waals surface area contributed by atoms with Gasteiger partial charge < -0.3 is 10.1 Å². The maximum atomic E-state index is 12.3. The fraction of sp³-hybridized carbons (Fsp3) is 0.412. The van der Waals surface area contributed by atoms with E-state index in [-0.39, 0.29) is 5.91 Å². The molecule has 0 bridgehead atoms. The summed E-state index contributed by atoms with van der Waals surface area (Å²) in [6.07, 6.45) is 3.63. The van der Waals surface area contributed by atoms with Crippen molar-refractivity contribution in [1.29, 1.82) is 0 Å². The van der Waals surface area contributed by atoms with Gasteiger partial charge in [0.05, 0.1) is 12.2 Å². The zero-order valence-corrected chi connectivity index (χ0v) is 12.9. The Labute approximate surface area is 130 Å². The maximum Gasteiger partial charge on any atom is 0.266 e. The Hall–Kier alpha value is -2.30. The van der Waals surface area contributed by atoms with Crippen molar-refractivity contribution in [2.45, 2.75) is 38.8 Å². The monoisotopic (exact) mass is 299 g/mol. The Morgan fingerprint density at radius 3 is 2.68 bits per heavy atom. The van der Waals surface area contributed by atoms with E-state index in [2.05, 4.69) is 17.3 Å². The molecule has 1 aromatic heterocycles. The van der Waals surface area contributed by atoms with Crippen molar-refractivity contribution in [3.63, 3.8) is 0 Å². The smallest absolute Gasteiger partial charge is 0.266 e. The lowest BCUT2D eigenvalue weighted by molar-refractivity contribution is -0.122. The van der Waals surface area contributed by atoms with Crippen LogP contribution >= 0.6 is 0 Å². The molecule has 1 aromatic carbocycles. The molecule has 0 aliphatic heterocycles. The number of hydrogen-bond donors (Lipinski definition) is 1. The lowest BCUT2D eigenvalue weighted by Crippen LogP contribution is -2.31. The number of benzene rings is 1. The molecule has 0 spiro atoms. The highest BCUT2D eigenvalue weighted by molar-refractivity contribution is 5.93. The molecule has 1 N–H and O–H groups in total. The average Bonchev–Trinajstić information content (AvgIpc) is 3.27. The summed E-state index contributed by atoms with van der Waals surface area (Å²) in [6, 6.07) is 11.5. The molecule has 2 unspecified atom stereocenters. The second kappa shape index (κ2) is 6.22. The predicted octanol–water partition coefficient (Wildman–Crippen LogP) is 3.26. The number of carbonyl (C=O) groups excluding carboxylic acids is 1. The van der Waals surface area contributed by atoms with Gasteiger partial charge in [-0.15, -0.1) is 0 Å². The Morgan fingerprint density at radius 1 is 1.27 bits per heavy atom. The van der Waals surface area contributed by atoms with Crippen molar-refractivity contribution in [3.8, 4) is 5.75 Å². The molecule has 1 amide bonds.